The van der Waals surface area contributed by atoms with E-state index in [1.807, 2.05) is 14.1 Å². The van der Waals surface area contributed by atoms with Crippen molar-refractivity contribution >= 4 is 5.82 Å². The van der Waals surface area contributed by atoms with E-state index in [9.17, 15) is 0 Å². The maximum Gasteiger partial charge on any atom is 0.131 e. The Bertz CT molecular complexity index is 446. The molecule has 2 rings (SSSR count). The van der Waals surface area contributed by atoms with Crippen LogP contribution in [0.5, 0.6) is 0 Å². The van der Waals surface area contributed by atoms with Crippen molar-refractivity contribution in [3.8, 4) is 0 Å². The van der Waals surface area contributed by atoms with Crippen LogP contribution in [0.3, 0.4) is 0 Å². The van der Waals surface area contributed by atoms with Crippen LogP contribution < -0.4 is 10.2 Å². The zero-order chi connectivity index (χ0) is 18.0. The molecule has 0 unspecified atom stereocenters. The highest BCUT2D eigenvalue weighted by molar-refractivity contribution is 5.49. The Morgan fingerprint density at radius 3 is 2.04 bits per heavy atom. The van der Waals surface area contributed by atoms with Crippen molar-refractivity contribution in [1.82, 2.24) is 10.3 Å². The van der Waals surface area contributed by atoms with E-state index >= 15 is 0 Å². The Morgan fingerprint density at radius 2 is 1.65 bits per heavy atom. The molecular formula is C20H37N3. The minimum Gasteiger partial charge on any atom is -0.356 e. The van der Waals surface area contributed by atoms with Crippen LogP contribution in [0.2, 0.25) is 0 Å². The Kier molecular flexibility index (Phi) is 9.82. The molecule has 0 aliphatic carbocycles. The average Bonchev–Trinajstić information content (AvgIpc) is 3.04. The van der Waals surface area contributed by atoms with Crippen molar-refractivity contribution in [2.45, 2.75) is 52.9 Å². The third-order valence-corrected chi connectivity index (χ3v) is 4.64. The highest BCUT2D eigenvalue weighted by Gasteiger charge is 2.26. The third kappa shape index (κ3) is 5.98. The fourth-order valence-corrected chi connectivity index (χ4v) is 2.51. The fraction of sp³-hybridized carbons (Fsp3) is 0.650. The molecule has 1 aromatic heterocycles. The molecule has 0 radical (unpaired) electrons. The Morgan fingerprint density at radius 1 is 1.17 bits per heavy atom. The van der Waals surface area contributed by atoms with Crippen LogP contribution in [0.4, 0.5) is 5.82 Å². The number of aromatic nitrogens is 1. The molecule has 1 aliphatic rings. The predicted octanol–water partition coefficient (Wildman–Crippen LogP) is 4.56. The normalized spacial score (nSPS) is 14.0. The number of anilines is 1. The van der Waals surface area contributed by atoms with Crippen molar-refractivity contribution in [2.24, 2.45) is 5.92 Å². The number of aryl methyl sites for hydroxylation is 1. The molecule has 2 heterocycles. The van der Waals surface area contributed by atoms with E-state index in [4.69, 9.17) is 4.98 Å². The van der Waals surface area contributed by atoms with E-state index in [0.29, 0.717) is 5.92 Å². The zero-order valence-corrected chi connectivity index (χ0v) is 16.4. The Hall–Kier alpha value is -1.35. The summed E-state index contributed by atoms with van der Waals surface area (Å²) in [6.45, 7) is 19.7. The Balaban J connectivity index is 0.000000868. The molecule has 1 N–H and O–H groups in total. The summed E-state index contributed by atoms with van der Waals surface area (Å²) in [6.07, 6.45) is 4.70. The summed E-state index contributed by atoms with van der Waals surface area (Å²) in [7, 11) is 3.75. The minimum absolute atomic E-state index is 0.196. The molecule has 1 fully saturated rings. The SMILES string of the molecule is C=C.CNC.Cc1cc(C(C)(C)C(C)C)cnc1N1CCCC1. The van der Waals surface area contributed by atoms with Gasteiger partial charge >= 0.3 is 0 Å². The van der Waals surface area contributed by atoms with Crippen molar-refractivity contribution in [2.75, 3.05) is 32.1 Å². The van der Waals surface area contributed by atoms with Gasteiger partial charge in [0.2, 0.25) is 0 Å². The molecular weight excluding hydrogens is 282 g/mol. The van der Waals surface area contributed by atoms with Crippen LogP contribution in [-0.2, 0) is 5.41 Å². The summed E-state index contributed by atoms with van der Waals surface area (Å²) in [6, 6.07) is 2.33. The molecule has 0 saturated carbocycles. The second-order valence-electron chi connectivity index (χ2n) is 6.94. The van der Waals surface area contributed by atoms with Gasteiger partial charge in [-0.25, -0.2) is 4.98 Å². The van der Waals surface area contributed by atoms with Gasteiger partial charge in [-0.1, -0.05) is 33.8 Å². The second kappa shape index (κ2) is 10.4. The van der Waals surface area contributed by atoms with Gasteiger partial charge in [0, 0.05) is 19.3 Å². The summed E-state index contributed by atoms with van der Waals surface area (Å²) in [5.41, 5.74) is 2.88. The van der Waals surface area contributed by atoms with Crippen molar-refractivity contribution in [1.29, 1.82) is 0 Å². The minimum atomic E-state index is 0.196. The van der Waals surface area contributed by atoms with E-state index in [2.05, 4.69) is 70.3 Å². The number of pyridine rings is 1. The summed E-state index contributed by atoms with van der Waals surface area (Å²) >= 11 is 0. The molecule has 23 heavy (non-hydrogen) atoms. The molecule has 1 aliphatic heterocycles. The summed E-state index contributed by atoms with van der Waals surface area (Å²) in [5, 5.41) is 2.75. The smallest absolute Gasteiger partial charge is 0.131 e. The van der Waals surface area contributed by atoms with Crippen LogP contribution in [0.15, 0.2) is 25.4 Å². The lowest BCUT2D eigenvalue weighted by molar-refractivity contribution is 0.371. The van der Waals surface area contributed by atoms with Gasteiger partial charge in [0.25, 0.3) is 0 Å². The molecule has 0 spiro atoms. The number of nitrogens with one attached hydrogen (secondary N) is 1. The standard InChI is InChI=1S/C16H26N2.C2H7N.C2H4/c1-12(2)16(4,5)14-10-13(3)15(17-11-14)18-8-6-7-9-18;1-3-2;1-2/h10-12H,6-9H2,1-5H3;3H,1-2H3;1-2H2. The molecule has 0 amide bonds. The number of hydrogen-bond acceptors (Lipinski definition) is 3. The van der Waals surface area contributed by atoms with E-state index in [0.717, 1.165) is 0 Å². The molecule has 0 aromatic carbocycles. The Labute approximate surface area is 144 Å². The summed E-state index contributed by atoms with van der Waals surface area (Å²) in [5.74, 6) is 1.81. The topological polar surface area (TPSA) is 28.2 Å². The summed E-state index contributed by atoms with van der Waals surface area (Å²) < 4.78 is 0. The number of rotatable bonds is 3. The van der Waals surface area contributed by atoms with Gasteiger partial charge in [0.05, 0.1) is 0 Å². The van der Waals surface area contributed by atoms with Crippen LogP contribution in [0.25, 0.3) is 0 Å². The van der Waals surface area contributed by atoms with Crippen LogP contribution in [-0.4, -0.2) is 32.2 Å². The fourth-order valence-electron chi connectivity index (χ4n) is 2.51. The first kappa shape index (κ1) is 21.6. The highest BCUT2D eigenvalue weighted by Crippen LogP contribution is 2.33. The molecule has 0 atom stereocenters. The van der Waals surface area contributed by atoms with Gasteiger partial charge in [0.1, 0.15) is 5.82 Å². The first-order valence-corrected chi connectivity index (χ1v) is 8.65. The van der Waals surface area contributed by atoms with E-state index in [1.54, 1.807) is 0 Å². The van der Waals surface area contributed by atoms with E-state index in [-0.39, 0.29) is 5.41 Å². The van der Waals surface area contributed by atoms with Gasteiger partial charge in [-0.2, -0.15) is 0 Å². The van der Waals surface area contributed by atoms with Crippen LogP contribution in [0, 0.1) is 12.8 Å². The van der Waals surface area contributed by atoms with Gasteiger partial charge in [-0.05, 0) is 56.3 Å². The maximum absolute atomic E-state index is 4.73. The average molecular weight is 320 g/mol. The van der Waals surface area contributed by atoms with Crippen molar-refractivity contribution in [3.05, 3.63) is 36.5 Å². The molecule has 1 saturated heterocycles. The number of nitrogens with zero attached hydrogens (tertiary/aromatic N) is 2. The van der Waals surface area contributed by atoms with Crippen LogP contribution in [0.1, 0.15) is 51.7 Å². The first-order valence-electron chi connectivity index (χ1n) is 8.65. The lowest BCUT2D eigenvalue weighted by Crippen LogP contribution is -2.26. The molecule has 3 nitrogen and oxygen atoms in total. The molecule has 1 aromatic rings. The quantitative estimate of drug-likeness (QED) is 0.828. The van der Waals surface area contributed by atoms with E-state index < -0.39 is 0 Å². The van der Waals surface area contributed by atoms with Gasteiger partial charge in [0.15, 0.2) is 0 Å². The molecule has 132 valence electrons. The second-order valence-corrected chi connectivity index (χ2v) is 6.94. The van der Waals surface area contributed by atoms with Gasteiger partial charge < -0.3 is 10.2 Å². The first-order chi connectivity index (χ1) is 10.8. The van der Waals surface area contributed by atoms with Gasteiger partial charge in [-0.15, -0.1) is 13.2 Å². The highest BCUT2D eigenvalue weighted by atomic mass is 15.2. The maximum atomic E-state index is 4.73. The monoisotopic (exact) mass is 319 g/mol. The predicted molar refractivity (Wildman–Crippen MR) is 105 cm³/mol. The summed E-state index contributed by atoms with van der Waals surface area (Å²) in [4.78, 5) is 7.15. The van der Waals surface area contributed by atoms with Crippen molar-refractivity contribution < 1.29 is 0 Å². The molecule has 0 bridgehead atoms. The largest absolute Gasteiger partial charge is 0.356 e. The van der Waals surface area contributed by atoms with Gasteiger partial charge in [-0.3, -0.25) is 0 Å². The zero-order valence-electron chi connectivity index (χ0n) is 16.4. The van der Waals surface area contributed by atoms with E-state index in [1.165, 1.54) is 42.9 Å². The molecule has 3 heteroatoms. The lowest BCUT2D eigenvalue weighted by atomic mass is 9.75. The van der Waals surface area contributed by atoms with Crippen LogP contribution >= 0.6 is 0 Å². The van der Waals surface area contributed by atoms with Crippen molar-refractivity contribution in [3.63, 3.8) is 0 Å². The number of hydrogen-bond donors (Lipinski definition) is 1. The lowest BCUT2D eigenvalue weighted by Gasteiger charge is -2.30. The third-order valence-electron chi connectivity index (χ3n) is 4.64.